The molecule has 1 aromatic carbocycles. The van der Waals surface area contributed by atoms with Crippen molar-refractivity contribution in [2.24, 2.45) is 5.10 Å². The first-order valence-electron chi connectivity index (χ1n) is 3.92. The van der Waals surface area contributed by atoms with Crippen LogP contribution in [0, 0.1) is 5.41 Å². The van der Waals surface area contributed by atoms with Gasteiger partial charge in [0.2, 0.25) is 0 Å². The van der Waals surface area contributed by atoms with Crippen LogP contribution in [0.4, 0.5) is 5.69 Å². The molecule has 1 aromatic rings. The van der Waals surface area contributed by atoms with Crippen LogP contribution in [0.5, 0.6) is 0 Å². The van der Waals surface area contributed by atoms with Gasteiger partial charge in [-0.15, -0.1) is 0 Å². The Bertz CT molecular complexity index is 289. The average Bonchev–Trinajstić information content (AvgIpc) is 2.15. The van der Waals surface area contributed by atoms with E-state index in [1.807, 2.05) is 24.3 Å². The first kappa shape index (κ1) is 9.25. The summed E-state index contributed by atoms with van der Waals surface area (Å²) in [6, 6.07) is 7.55. The number of hydrogen-bond donors (Lipinski definition) is 3. The topological polar surface area (TPSA) is 74.3 Å². The molecule has 1 rings (SSSR count). The number of anilines is 1. The highest BCUT2D eigenvalue weighted by Crippen LogP contribution is 2.04. The van der Waals surface area contributed by atoms with Crippen molar-refractivity contribution in [1.82, 2.24) is 5.43 Å². The van der Waals surface area contributed by atoms with E-state index in [4.69, 9.17) is 11.1 Å². The van der Waals surface area contributed by atoms with Gasteiger partial charge in [-0.3, -0.25) is 0 Å². The Hall–Kier alpha value is -1.84. The Kier molecular flexibility index (Phi) is 3.50. The predicted octanol–water partition coefficient (Wildman–Crippen LogP) is 0.994. The average molecular weight is 176 g/mol. The predicted molar refractivity (Wildman–Crippen MR) is 55.0 cm³/mol. The van der Waals surface area contributed by atoms with Gasteiger partial charge in [-0.25, -0.2) is 0 Å². The fraction of sp³-hybridized carbons (Fsp3) is 0.111. The molecule has 0 saturated heterocycles. The van der Waals surface area contributed by atoms with Crippen molar-refractivity contribution in [3.63, 3.8) is 0 Å². The molecule has 0 amide bonds. The Labute approximate surface area is 77.0 Å². The maximum absolute atomic E-state index is 6.68. The largest absolute Gasteiger partial charge is 0.399 e. The van der Waals surface area contributed by atoms with Crippen LogP contribution in [-0.2, 0) is 6.54 Å². The summed E-state index contributed by atoms with van der Waals surface area (Å²) in [5.41, 5.74) is 10.2. The Balaban J connectivity index is 2.41. The van der Waals surface area contributed by atoms with Crippen molar-refractivity contribution in [3.8, 4) is 0 Å². The number of nitrogens with zero attached hydrogens (tertiary/aromatic N) is 1. The van der Waals surface area contributed by atoms with Crippen LogP contribution in [0.3, 0.4) is 0 Å². The summed E-state index contributed by atoms with van der Waals surface area (Å²) in [6.07, 6.45) is 2.51. The minimum Gasteiger partial charge on any atom is -0.399 e. The highest BCUT2D eigenvalue weighted by molar-refractivity contribution is 6.14. The fourth-order valence-electron chi connectivity index (χ4n) is 0.862. The van der Waals surface area contributed by atoms with Gasteiger partial charge < -0.3 is 16.6 Å². The number of hydrogen-bond acceptors (Lipinski definition) is 4. The van der Waals surface area contributed by atoms with Gasteiger partial charge in [-0.2, -0.15) is 5.10 Å². The van der Waals surface area contributed by atoms with Crippen LogP contribution in [0.25, 0.3) is 0 Å². The van der Waals surface area contributed by atoms with Crippen LogP contribution < -0.4 is 11.2 Å². The summed E-state index contributed by atoms with van der Waals surface area (Å²) in [4.78, 5) is 0. The van der Waals surface area contributed by atoms with Crippen molar-refractivity contribution in [2.75, 3.05) is 5.73 Å². The molecule has 0 aromatic heterocycles. The molecule has 0 aliphatic rings. The van der Waals surface area contributed by atoms with Crippen LogP contribution in [0.1, 0.15) is 5.56 Å². The lowest BCUT2D eigenvalue weighted by molar-refractivity contribution is 0.749. The monoisotopic (exact) mass is 176 g/mol. The van der Waals surface area contributed by atoms with Gasteiger partial charge in [0.05, 0.1) is 12.8 Å². The number of nitrogens with two attached hydrogens (primary N) is 1. The zero-order chi connectivity index (χ0) is 9.52. The van der Waals surface area contributed by atoms with Gasteiger partial charge in [-0.05, 0) is 17.7 Å². The summed E-state index contributed by atoms with van der Waals surface area (Å²) in [5.74, 6) is 0. The molecule has 4 N–H and O–H groups in total. The molecule has 4 heteroatoms. The maximum Gasteiger partial charge on any atom is 0.0643 e. The van der Waals surface area contributed by atoms with E-state index in [0.717, 1.165) is 17.5 Å². The number of nitrogens with one attached hydrogen (secondary N) is 2. The Morgan fingerprint density at radius 2 is 2.08 bits per heavy atom. The summed E-state index contributed by atoms with van der Waals surface area (Å²) < 4.78 is 0. The van der Waals surface area contributed by atoms with Crippen molar-refractivity contribution in [2.45, 2.75) is 6.54 Å². The van der Waals surface area contributed by atoms with Crippen LogP contribution in [0.15, 0.2) is 29.4 Å². The smallest absolute Gasteiger partial charge is 0.0643 e. The minimum atomic E-state index is 0.643. The Morgan fingerprint density at radius 3 is 2.69 bits per heavy atom. The second kappa shape index (κ2) is 4.92. The van der Waals surface area contributed by atoms with Crippen molar-refractivity contribution >= 4 is 18.1 Å². The van der Waals surface area contributed by atoms with E-state index >= 15 is 0 Å². The van der Waals surface area contributed by atoms with E-state index in [1.54, 1.807) is 0 Å². The zero-order valence-corrected chi connectivity index (χ0v) is 7.20. The van der Waals surface area contributed by atoms with Crippen molar-refractivity contribution in [1.29, 1.82) is 5.41 Å². The van der Waals surface area contributed by atoms with Crippen molar-refractivity contribution < 1.29 is 0 Å². The highest BCUT2D eigenvalue weighted by Gasteiger charge is 1.89. The lowest BCUT2D eigenvalue weighted by Gasteiger charge is -2.00. The van der Waals surface area contributed by atoms with Crippen LogP contribution >= 0.6 is 0 Å². The summed E-state index contributed by atoms with van der Waals surface area (Å²) in [5, 5.41) is 10.4. The van der Waals surface area contributed by atoms with E-state index in [2.05, 4.69) is 10.5 Å². The third-order valence-electron chi connectivity index (χ3n) is 1.50. The third kappa shape index (κ3) is 3.37. The maximum atomic E-state index is 6.68. The second-order valence-corrected chi connectivity index (χ2v) is 2.52. The molecular weight excluding hydrogens is 164 g/mol. The molecule has 0 radical (unpaired) electrons. The van der Waals surface area contributed by atoms with Gasteiger partial charge in [0.15, 0.2) is 0 Å². The zero-order valence-electron chi connectivity index (χ0n) is 7.20. The molecule has 4 nitrogen and oxygen atoms in total. The quantitative estimate of drug-likeness (QED) is 0.363. The first-order chi connectivity index (χ1) is 6.33. The SMILES string of the molecule is N=C/C=N\NCc1ccc(N)cc1. The van der Waals surface area contributed by atoms with Gasteiger partial charge in [0.1, 0.15) is 0 Å². The molecule has 0 unspecified atom stereocenters. The van der Waals surface area contributed by atoms with Gasteiger partial charge in [0, 0.05) is 11.9 Å². The molecule has 0 heterocycles. The van der Waals surface area contributed by atoms with Crippen LogP contribution in [0.2, 0.25) is 0 Å². The van der Waals surface area contributed by atoms with Gasteiger partial charge >= 0.3 is 0 Å². The molecule has 68 valence electrons. The van der Waals surface area contributed by atoms with Crippen molar-refractivity contribution in [3.05, 3.63) is 29.8 Å². The van der Waals surface area contributed by atoms with E-state index in [-0.39, 0.29) is 0 Å². The summed E-state index contributed by atoms with van der Waals surface area (Å²) in [7, 11) is 0. The lowest BCUT2D eigenvalue weighted by atomic mass is 10.2. The third-order valence-corrected chi connectivity index (χ3v) is 1.50. The van der Waals surface area contributed by atoms with E-state index in [0.29, 0.717) is 6.54 Å². The first-order valence-corrected chi connectivity index (χ1v) is 3.92. The van der Waals surface area contributed by atoms with Gasteiger partial charge in [-0.1, -0.05) is 12.1 Å². The highest BCUT2D eigenvalue weighted by atomic mass is 15.3. The molecular formula is C9H12N4. The Morgan fingerprint density at radius 1 is 1.38 bits per heavy atom. The molecule has 0 atom stereocenters. The normalized spacial score (nSPS) is 10.2. The fourth-order valence-corrected chi connectivity index (χ4v) is 0.862. The number of rotatable bonds is 4. The number of benzene rings is 1. The minimum absolute atomic E-state index is 0.643. The summed E-state index contributed by atoms with van der Waals surface area (Å²) in [6.45, 7) is 0.643. The molecule has 0 saturated carbocycles. The molecule has 0 aliphatic carbocycles. The molecule has 0 fully saturated rings. The second-order valence-electron chi connectivity index (χ2n) is 2.52. The molecule has 0 bridgehead atoms. The molecule has 0 aliphatic heterocycles. The molecule has 13 heavy (non-hydrogen) atoms. The van der Waals surface area contributed by atoms with E-state index in [1.165, 1.54) is 6.21 Å². The van der Waals surface area contributed by atoms with Gasteiger partial charge in [0.25, 0.3) is 0 Å². The summed E-state index contributed by atoms with van der Waals surface area (Å²) >= 11 is 0. The van der Waals surface area contributed by atoms with Crippen LogP contribution in [-0.4, -0.2) is 12.4 Å². The number of hydrazone groups is 1. The molecule has 0 spiro atoms. The van der Waals surface area contributed by atoms with E-state index in [9.17, 15) is 0 Å². The lowest BCUT2D eigenvalue weighted by Crippen LogP contribution is -2.05. The van der Waals surface area contributed by atoms with E-state index < -0.39 is 0 Å². The standard InChI is InChI=1S/C9H12N4/c10-5-6-12-13-7-8-1-3-9(11)4-2-8/h1-6,10,13H,7,11H2/b10-5?,12-6-. The number of nitrogen functional groups attached to an aromatic ring is 1.